The standard InChI is InChI=1S/C16H12O2/c17-18-15-9-14-12-7-2-1-5-10(12)11-6-3-4-8-13(11)16(14)15/h1-8,15,17H,9H2. The van der Waals surface area contributed by atoms with Gasteiger partial charge < -0.3 is 0 Å². The van der Waals surface area contributed by atoms with E-state index in [0.29, 0.717) is 0 Å². The van der Waals surface area contributed by atoms with E-state index >= 15 is 0 Å². The van der Waals surface area contributed by atoms with Gasteiger partial charge in [0, 0.05) is 6.42 Å². The van der Waals surface area contributed by atoms with Crippen molar-refractivity contribution in [3.63, 3.8) is 0 Å². The van der Waals surface area contributed by atoms with E-state index in [1.807, 2.05) is 6.07 Å². The molecule has 0 fully saturated rings. The third-order valence-electron chi connectivity index (χ3n) is 3.92. The number of hydrogen-bond donors (Lipinski definition) is 1. The maximum Gasteiger partial charge on any atom is 0.123 e. The molecule has 0 aliphatic heterocycles. The van der Waals surface area contributed by atoms with Gasteiger partial charge in [-0.15, -0.1) is 0 Å². The Morgan fingerprint density at radius 3 is 2.06 bits per heavy atom. The summed E-state index contributed by atoms with van der Waals surface area (Å²) in [5, 5.41) is 13.9. The predicted molar refractivity (Wildman–Crippen MR) is 71.6 cm³/mol. The van der Waals surface area contributed by atoms with E-state index in [9.17, 15) is 0 Å². The Balaban J connectivity index is 2.24. The smallest absolute Gasteiger partial charge is 0.123 e. The summed E-state index contributed by atoms with van der Waals surface area (Å²) >= 11 is 0. The van der Waals surface area contributed by atoms with Crippen molar-refractivity contribution in [2.45, 2.75) is 12.5 Å². The van der Waals surface area contributed by atoms with E-state index < -0.39 is 0 Å². The SMILES string of the molecule is OOC1Cc2c1c1ccccc1c1ccccc21. The van der Waals surface area contributed by atoms with Gasteiger partial charge in [0.15, 0.2) is 0 Å². The van der Waals surface area contributed by atoms with Gasteiger partial charge in [0.25, 0.3) is 0 Å². The van der Waals surface area contributed by atoms with Crippen molar-refractivity contribution >= 4 is 21.5 Å². The highest BCUT2D eigenvalue weighted by Crippen LogP contribution is 2.45. The molecular formula is C16H12O2. The molecule has 18 heavy (non-hydrogen) atoms. The van der Waals surface area contributed by atoms with Gasteiger partial charge in [0.1, 0.15) is 6.10 Å². The van der Waals surface area contributed by atoms with E-state index in [1.54, 1.807) is 0 Å². The van der Waals surface area contributed by atoms with Crippen molar-refractivity contribution < 1.29 is 10.1 Å². The van der Waals surface area contributed by atoms with E-state index in [2.05, 4.69) is 47.4 Å². The number of fused-ring (bicyclic) bond motifs is 6. The van der Waals surface area contributed by atoms with Crippen LogP contribution in [0.15, 0.2) is 48.5 Å². The predicted octanol–water partition coefficient (Wildman–Crippen LogP) is 4.08. The second-order valence-corrected chi connectivity index (χ2v) is 4.78. The van der Waals surface area contributed by atoms with Crippen LogP contribution in [0.25, 0.3) is 21.5 Å². The Hall–Kier alpha value is -1.90. The molecule has 3 aromatic rings. The molecule has 2 nitrogen and oxygen atoms in total. The van der Waals surface area contributed by atoms with Crippen LogP contribution in [-0.2, 0) is 11.3 Å². The third-order valence-corrected chi connectivity index (χ3v) is 3.92. The van der Waals surface area contributed by atoms with Gasteiger partial charge in [-0.05, 0) is 32.7 Å². The topological polar surface area (TPSA) is 29.5 Å². The third kappa shape index (κ3) is 1.14. The molecule has 88 valence electrons. The average molecular weight is 236 g/mol. The molecule has 0 aromatic heterocycles. The van der Waals surface area contributed by atoms with Crippen LogP contribution in [-0.4, -0.2) is 5.26 Å². The molecule has 0 saturated carbocycles. The first-order chi connectivity index (χ1) is 8.90. The van der Waals surface area contributed by atoms with Crippen LogP contribution in [0.3, 0.4) is 0 Å². The zero-order chi connectivity index (χ0) is 12.1. The summed E-state index contributed by atoms with van der Waals surface area (Å²) in [6.45, 7) is 0. The monoisotopic (exact) mass is 236 g/mol. The summed E-state index contributed by atoms with van der Waals surface area (Å²) in [5.74, 6) is 0. The molecule has 0 saturated heterocycles. The molecule has 1 aliphatic carbocycles. The van der Waals surface area contributed by atoms with Crippen LogP contribution < -0.4 is 0 Å². The highest BCUT2D eigenvalue weighted by Gasteiger charge is 2.31. The van der Waals surface area contributed by atoms with Crippen LogP contribution in [0.2, 0.25) is 0 Å². The summed E-state index contributed by atoms with van der Waals surface area (Å²) in [6, 6.07) is 16.7. The van der Waals surface area contributed by atoms with Gasteiger partial charge in [-0.1, -0.05) is 48.5 Å². The van der Waals surface area contributed by atoms with Crippen molar-refractivity contribution in [2.75, 3.05) is 0 Å². The molecule has 0 heterocycles. The lowest BCUT2D eigenvalue weighted by atomic mass is 9.78. The summed E-state index contributed by atoms with van der Waals surface area (Å²) in [5.41, 5.74) is 2.45. The molecule has 0 amide bonds. The quantitative estimate of drug-likeness (QED) is 0.392. The Labute approximate surface area is 104 Å². The minimum Gasteiger partial charge on any atom is -0.251 e. The molecule has 2 heteroatoms. The molecular weight excluding hydrogens is 224 g/mol. The van der Waals surface area contributed by atoms with Crippen LogP contribution in [0, 0.1) is 0 Å². The Morgan fingerprint density at radius 2 is 1.39 bits per heavy atom. The number of rotatable bonds is 1. The van der Waals surface area contributed by atoms with Crippen LogP contribution in [0.1, 0.15) is 17.2 Å². The molecule has 0 radical (unpaired) electrons. The van der Waals surface area contributed by atoms with Crippen molar-refractivity contribution in [3.8, 4) is 0 Å². The van der Waals surface area contributed by atoms with Gasteiger partial charge in [0.2, 0.25) is 0 Å². The second kappa shape index (κ2) is 3.55. The lowest BCUT2D eigenvalue weighted by Crippen LogP contribution is -2.20. The Morgan fingerprint density at radius 1 is 0.833 bits per heavy atom. The molecule has 1 N–H and O–H groups in total. The second-order valence-electron chi connectivity index (χ2n) is 4.78. The molecule has 4 rings (SSSR count). The van der Waals surface area contributed by atoms with E-state index in [-0.39, 0.29) is 6.10 Å². The summed E-state index contributed by atoms with van der Waals surface area (Å²) in [7, 11) is 0. The van der Waals surface area contributed by atoms with Gasteiger partial charge >= 0.3 is 0 Å². The normalized spacial score (nSPS) is 17.7. The van der Waals surface area contributed by atoms with Gasteiger partial charge in [-0.2, -0.15) is 0 Å². The van der Waals surface area contributed by atoms with Crippen LogP contribution in [0.4, 0.5) is 0 Å². The van der Waals surface area contributed by atoms with Gasteiger partial charge in [0.05, 0.1) is 0 Å². The van der Waals surface area contributed by atoms with Crippen molar-refractivity contribution in [1.29, 1.82) is 0 Å². The van der Waals surface area contributed by atoms with Crippen molar-refractivity contribution in [1.82, 2.24) is 0 Å². The van der Waals surface area contributed by atoms with Crippen molar-refractivity contribution in [2.24, 2.45) is 0 Å². The van der Waals surface area contributed by atoms with Crippen LogP contribution in [0.5, 0.6) is 0 Å². The first-order valence-electron chi connectivity index (χ1n) is 6.12. The molecule has 1 atom stereocenters. The molecule has 0 spiro atoms. The highest BCUT2D eigenvalue weighted by molar-refractivity contribution is 6.11. The minimum absolute atomic E-state index is 0.172. The first-order valence-corrected chi connectivity index (χ1v) is 6.12. The zero-order valence-electron chi connectivity index (χ0n) is 9.76. The lowest BCUT2D eigenvalue weighted by molar-refractivity contribution is -0.286. The minimum atomic E-state index is -0.172. The van der Waals surface area contributed by atoms with E-state index in [1.165, 1.54) is 27.1 Å². The van der Waals surface area contributed by atoms with Gasteiger partial charge in [-0.3, -0.25) is 5.26 Å². The zero-order valence-corrected chi connectivity index (χ0v) is 9.76. The average Bonchev–Trinajstić information content (AvgIpc) is 2.39. The summed E-state index contributed by atoms with van der Waals surface area (Å²) in [4.78, 5) is 4.57. The fourth-order valence-corrected chi connectivity index (χ4v) is 3.08. The molecule has 1 unspecified atom stereocenters. The molecule has 3 aromatic carbocycles. The van der Waals surface area contributed by atoms with Crippen LogP contribution >= 0.6 is 0 Å². The maximum absolute atomic E-state index is 8.96. The fraction of sp³-hybridized carbons (Fsp3) is 0.125. The van der Waals surface area contributed by atoms with Crippen molar-refractivity contribution in [3.05, 3.63) is 59.7 Å². The highest BCUT2D eigenvalue weighted by atomic mass is 17.1. The summed E-state index contributed by atoms with van der Waals surface area (Å²) < 4.78 is 0. The fourth-order valence-electron chi connectivity index (χ4n) is 3.08. The largest absolute Gasteiger partial charge is 0.251 e. The first kappa shape index (κ1) is 10.1. The Bertz CT molecular complexity index is 761. The van der Waals surface area contributed by atoms with Gasteiger partial charge in [-0.25, -0.2) is 4.89 Å². The number of benzene rings is 3. The van der Waals surface area contributed by atoms with E-state index in [4.69, 9.17) is 5.26 Å². The molecule has 1 aliphatic rings. The summed E-state index contributed by atoms with van der Waals surface area (Å²) in [6.07, 6.45) is 0.617. The molecule has 0 bridgehead atoms. The number of hydrogen-bond acceptors (Lipinski definition) is 2. The maximum atomic E-state index is 8.96. The van der Waals surface area contributed by atoms with E-state index in [0.717, 1.165) is 12.0 Å². The lowest BCUT2D eigenvalue weighted by Gasteiger charge is -2.31. The Kier molecular flexibility index (Phi) is 1.98.